The fraction of sp³-hybridized carbons (Fsp3) is 0.483. The third-order valence-electron chi connectivity index (χ3n) is 7.88. The van der Waals surface area contributed by atoms with E-state index < -0.39 is 0 Å². The Kier molecular flexibility index (Phi) is 7.30. The number of carbonyl (C=O) groups is 1. The summed E-state index contributed by atoms with van der Waals surface area (Å²) in [5, 5.41) is 0.398. The minimum atomic E-state index is -0.352. The van der Waals surface area contributed by atoms with Crippen LogP contribution in [0.15, 0.2) is 42.9 Å². The minimum absolute atomic E-state index is 0.0703. The number of rotatable bonds is 5. The molecule has 0 spiro atoms. The summed E-state index contributed by atoms with van der Waals surface area (Å²) in [7, 11) is 2.12. The number of Topliss-reactive ketones (excluding diaryl/α,β-unsaturated/α-hetero) is 1. The lowest BCUT2D eigenvalue weighted by molar-refractivity contribution is 0.0994. The van der Waals surface area contributed by atoms with Gasteiger partial charge in [0.1, 0.15) is 5.82 Å². The van der Waals surface area contributed by atoms with E-state index in [1.54, 1.807) is 24.7 Å². The van der Waals surface area contributed by atoms with Crippen LogP contribution in [0, 0.1) is 11.7 Å². The van der Waals surface area contributed by atoms with Crippen LogP contribution in [-0.2, 0) is 6.42 Å². The molecule has 1 saturated carbocycles. The van der Waals surface area contributed by atoms with Crippen LogP contribution in [0.2, 0.25) is 0 Å². The Balaban J connectivity index is 1.42. The van der Waals surface area contributed by atoms with Gasteiger partial charge in [0, 0.05) is 55.4 Å². The molecule has 5 rings (SSSR count). The highest BCUT2D eigenvalue weighted by atomic mass is 19.1. The van der Waals surface area contributed by atoms with Gasteiger partial charge in [-0.25, -0.2) is 4.39 Å². The number of aromatic nitrogens is 2. The maximum absolute atomic E-state index is 14.9. The molecule has 2 aliphatic rings. The highest BCUT2D eigenvalue weighted by molar-refractivity contribution is 6.08. The van der Waals surface area contributed by atoms with Crippen LogP contribution >= 0.6 is 0 Å². The Morgan fingerprint density at radius 2 is 1.97 bits per heavy atom. The van der Waals surface area contributed by atoms with E-state index >= 15 is 0 Å². The van der Waals surface area contributed by atoms with Crippen LogP contribution in [-0.4, -0.2) is 59.9 Å². The number of pyridine rings is 2. The number of carbonyl (C=O) groups excluding carboxylic acids is 1. The zero-order valence-electron chi connectivity index (χ0n) is 21.3. The molecule has 1 aromatic carbocycles. The highest BCUT2D eigenvalue weighted by Crippen LogP contribution is 2.37. The first-order valence-corrected chi connectivity index (χ1v) is 13.1. The lowest BCUT2D eigenvalue weighted by atomic mass is 9.75. The predicted octanol–water partition coefficient (Wildman–Crippen LogP) is 4.57. The molecule has 1 saturated heterocycles. The van der Waals surface area contributed by atoms with Gasteiger partial charge in [-0.3, -0.25) is 14.8 Å². The molecule has 1 aliphatic heterocycles. The van der Waals surface area contributed by atoms with Gasteiger partial charge in [-0.15, -0.1) is 0 Å². The number of hydrogen-bond donors (Lipinski definition) is 1. The van der Waals surface area contributed by atoms with Crippen molar-refractivity contribution in [3.8, 4) is 0 Å². The lowest BCUT2D eigenvalue weighted by Gasteiger charge is -2.32. The quantitative estimate of drug-likeness (QED) is 0.530. The van der Waals surface area contributed by atoms with Gasteiger partial charge < -0.3 is 15.5 Å². The molecule has 36 heavy (non-hydrogen) atoms. The summed E-state index contributed by atoms with van der Waals surface area (Å²) >= 11 is 0. The largest absolute Gasteiger partial charge is 0.369 e. The number of nitrogens with two attached hydrogens (primary N) is 1. The van der Waals surface area contributed by atoms with E-state index in [4.69, 9.17) is 5.73 Å². The smallest absolute Gasteiger partial charge is 0.169 e. The summed E-state index contributed by atoms with van der Waals surface area (Å²) in [6.07, 6.45) is 9.67. The topological polar surface area (TPSA) is 75.3 Å². The van der Waals surface area contributed by atoms with Crippen molar-refractivity contribution in [2.24, 2.45) is 11.7 Å². The molecule has 3 aromatic rings. The summed E-state index contributed by atoms with van der Waals surface area (Å²) in [5.74, 6) is 0.460. The summed E-state index contributed by atoms with van der Waals surface area (Å²) < 4.78 is 14.9. The normalized spacial score (nSPS) is 23.6. The van der Waals surface area contributed by atoms with E-state index in [-0.39, 0.29) is 24.1 Å². The average molecular weight is 490 g/mol. The van der Waals surface area contributed by atoms with Crippen molar-refractivity contribution in [3.05, 3.63) is 65.4 Å². The second-order valence-electron chi connectivity index (χ2n) is 10.8. The Morgan fingerprint density at radius 3 is 2.81 bits per heavy atom. The number of fused-ring (bicyclic) bond motifs is 1. The van der Waals surface area contributed by atoms with Gasteiger partial charge in [0.2, 0.25) is 0 Å². The van der Waals surface area contributed by atoms with Crippen molar-refractivity contribution in [3.63, 3.8) is 0 Å². The molecule has 0 unspecified atom stereocenters. The van der Waals surface area contributed by atoms with Crippen LogP contribution in [0.4, 0.5) is 10.1 Å². The molecule has 0 amide bonds. The second-order valence-corrected chi connectivity index (χ2v) is 10.8. The Labute approximate surface area is 212 Å². The molecule has 2 N–H and O–H groups in total. The molecular weight excluding hydrogens is 453 g/mol. The summed E-state index contributed by atoms with van der Waals surface area (Å²) in [6, 6.07) is 7.02. The molecule has 3 heterocycles. The van der Waals surface area contributed by atoms with Crippen molar-refractivity contribution >= 4 is 22.4 Å². The number of hydrogen-bond acceptors (Lipinski definition) is 6. The van der Waals surface area contributed by atoms with Crippen LogP contribution in [0.25, 0.3) is 10.9 Å². The van der Waals surface area contributed by atoms with Gasteiger partial charge in [-0.05, 0) is 86.5 Å². The standard InChI is InChI=1S/C29H36FN5O/c1-19-12-20(14-22(31)13-19)24-6-7-32-17-21(24)15-28(36)25-4-5-27(30)26-16-23(18-33-29(25)26)35-9-3-8-34(2)10-11-35/h4-7,16-20,22H,3,8-15,31H2,1-2H3/t19-,20+,22-/m0/s1. The second kappa shape index (κ2) is 10.6. The molecule has 6 nitrogen and oxygen atoms in total. The average Bonchev–Trinajstić information content (AvgIpc) is 3.08. The van der Waals surface area contributed by atoms with Crippen molar-refractivity contribution in [2.75, 3.05) is 38.1 Å². The Hall–Kier alpha value is -2.90. The van der Waals surface area contributed by atoms with Crippen LogP contribution in [0.1, 0.15) is 60.0 Å². The molecule has 2 fully saturated rings. The molecule has 0 bridgehead atoms. The number of nitrogens with zero attached hydrogens (tertiary/aromatic N) is 4. The van der Waals surface area contributed by atoms with Gasteiger partial charge in [-0.1, -0.05) is 6.92 Å². The molecule has 1 aliphatic carbocycles. The molecule has 3 atom stereocenters. The van der Waals surface area contributed by atoms with Crippen LogP contribution in [0.5, 0.6) is 0 Å². The molecule has 0 radical (unpaired) electrons. The van der Waals surface area contributed by atoms with E-state index in [0.29, 0.717) is 28.3 Å². The van der Waals surface area contributed by atoms with Crippen molar-refractivity contribution in [1.29, 1.82) is 0 Å². The maximum atomic E-state index is 14.9. The zero-order chi connectivity index (χ0) is 25.2. The maximum Gasteiger partial charge on any atom is 0.169 e. The van der Waals surface area contributed by atoms with Gasteiger partial charge >= 0.3 is 0 Å². The fourth-order valence-corrected chi connectivity index (χ4v) is 6.04. The van der Waals surface area contributed by atoms with Crippen molar-refractivity contribution in [1.82, 2.24) is 14.9 Å². The van der Waals surface area contributed by atoms with E-state index in [2.05, 4.69) is 33.7 Å². The molecular formula is C29H36FN5O. The van der Waals surface area contributed by atoms with E-state index in [9.17, 15) is 9.18 Å². The van der Waals surface area contributed by atoms with Crippen molar-refractivity contribution in [2.45, 2.75) is 51.0 Å². The molecule has 2 aromatic heterocycles. The summed E-state index contributed by atoms with van der Waals surface area (Å²) in [5.41, 5.74) is 10.2. The van der Waals surface area contributed by atoms with Crippen molar-refractivity contribution < 1.29 is 9.18 Å². The van der Waals surface area contributed by atoms with Crippen LogP contribution < -0.4 is 10.6 Å². The first-order chi connectivity index (χ1) is 17.4. The zero-order valence-corrected chi connectivity index (χ0v) is 21.3. The third-order valence-corrected chi connectivity index (χ3v) is 7.88. The van der Waals surface area contributed by atoms with Gasteiger partial charge in [0.05, 0.1) is 17.4 Å². The summed E-state index contributed by atoms with van der Waals surface area (Å²) in [6.45, 7) is 6.03. The van der Waals surface area contributed by atoms with Gasteiger partial charge in [0.15, 0.2) is 5.78 Å². The first-order valence-electron chi connectivity index (χ1n) is 13.1. The minimum Gasteiger partial charge on any atom is -0.369 e. The lowest BCUT2D eigenvalue weighted by Crippen LogP contribution is -2.31. The summed E-state index contributed by atoms with van der Waals surface area (Å²) in [4.78, 5) is 27.0. The number of likely N-dealkylation sites (N-methyl/N-ethyl adjacent to an activating group) is 1. The predicted molar refractivity (Wildman–Crippen MR) is 142 cm³/mol. The number of ketones is 1. The van der Waals surface area contributed by atoms with Gasteiger partial charge in [-0.2, -0.15) is 0 Å². The molecule has 7 heteroatoms. The first kappa shape index (κ1) is 24.8. The SMILES string of the molecule is C[C@@H]1C[C@H](N)C[C@H](c2ccncc2CC(=O)c2ccc(F)c3cc(N4CCCN(C)CC4)cnc23)C1. The monoisotopic (exact) mass is 489 g/mol. The fourth-order valence-electron chi connectivity index (χ4n) is 6.04. The number of benzene rings is 1. The number of anilines is 1. The Bertz CT molecular complexity index is 1240. The highest BCUT2D eigenvalue weighted by Gasteiger charge is 2.28. The van der Waals surface area contributed by atoms with E-state index in [0.717, 1.165) is 68.7 Å². The van der Waals surface area contributed by atoms with E-state index in [1.807, 2.05) is 12.1 Å². The molecule has 190 valence electrons. The Morgan fingerprint density at radius 1 is 1.11 bits per heavy atom. The van der Waals surface area contributed by atoms with Crippen LogP contribution in [0.3, 0.4) is 0 Å². The number of halogens is 1. The van der Waals surface area contributed by atoms with Gasteiger partial charge in [0.25, 0.3) is 0 Å². The third kappa shape index (κ3) is 5.27. The van der Waals surface area contributed by atoms with E-state index in [1.165, 1.54) is 6.07 Å².